The topological polar surface area (TPSA) is 21.3 Å². The van der Waals surface area contributed by atoms with Crippen LogP contribution in [-0.4, -0.2) is 14.2 Å². The van der Waals surface area contributed by atoms with E-state index >= 15 is 0 Å². The van der Waals surface area contributed by atoms with Gasteiger partial charge in [0, 0.05) is 10.6 Å². The molecular weight excluding hydrogens is 289 g/mol. The maximum atomic E-state index is 13.3. The second-order valence-corrected chi connectivity index (χ2v) is 5.42. The smallest absolute Gasteiger partial charge is 0.127 e. The predicted octanol–water partition coefficient (Wildman–Crippen LogP) is 4.41. The van der Waals surface area contributed by atoms with Gasteiger partial charge in [-0.3, -0.25) is 0 Å². The Morgan fingerprint density at radius 3 is 2.38 bits per heavy atom. The molecule has 0 spiro atoms. The van der Waals surface area contributed by atoms with Crippen molar-refractivity contribution in [1.29, 1.82) is 0 Å². The van der Waals surface area contributed by atoms with Crippen LogP contribution in [-0.2, 0) is 0 Å². The van der Waals surface area contributed by atoms with Crippen LogP contribution < -0.4 is 10.1 Å². The average Bonchev–Trinajstić information content (AvgIpc) is 2.45. The van der Waals surface area contributed by atoms with Crippen molar-refractivity contribution in [3.8, 4) is 5.75 Å². The molecule has 0 radical (unpaired) electrons. The molecule has 0 aliphatic carbocycles. The van der Waals surface area contributed by atoms with Gasteiger partial charge in [-0.15, -0.1) is 0 Å². The Hall–Kier alpha value is -1.58. The highest BCUT2D eigenvalue weighted by molar-refractivity contribution is 6.31. The molecule has 2 rings (SSSR count). The highest BCUT2D eigenvalue weighted by Crippen LogP contribution is 2.36. The quantitative estimate of drug-likeness (QED) is 0.903. The van der Waals surface area contributed by atoms with E-state index in [4.69, 9.17) is 16.3 Å². The fourth-order valence-corrected chi connectivity index (χ4v) is 2.80. The van der Waals surface area contributed by atoms with Gasteiger partial charge in [0.15, 0.2) is 0 Å². The Labute approximate surface area is 129 Å². The van der Waals surface area contributed by atoms with E-state index in [-0.39, 0.29) is 11.9 Å². The van der Waals surface area contributed by atoms with Crippen LogP contribution in [0.3, 0.4) is 0 Å². The minimum absolute atomic E-state index is 0.160. The largest absolute Gasteiger partial charge is 0.496 e. The number of ether oxygens (including phenoxy) is 1. The molecule has 2 nitrogen and oxygen atoms in total. The molecule has 0 bridgehead atoms. The lowest BCUT2D eigenvalue weighted by Gasteiger charge is -2.23. The van der Waals surface area contributed by atoms with Gasteiger partial charge in [-0.05, 0) is 49.7 Å². The minimum Gasteiger partial charge on any atom is -0.496 e. The number of aryl methyl sites for hydroxylation is 1. The molecule has 1 N–H and O–H groups in total. The van der Waals surface area contributed by atoms with Gasteiger partial charge in [0.25, 0.3) is 0 Å². The number of halogens is 2. The molecule has 1 atom stereocenters. The zero-order chi connectivity index (χ0) is 15.6. The van der Waals surface area contributed by atoms with E-state index in [1.807, 2.05) is 27.0 Å². The van der Waals surface area contributed by atoms with Crippen molar-refractivity contribution in [1.82, 2.24) is 5.32 Å². The van der Waals surface area contributed by atoms with Crippen LogP contribution in [0.15, 0.2) is 30.3 Å². The molecule has 112 valence electrons. The summed E-state index contributed by atoms with van der Waals surface area (Å²) < 4.78 is 18.8. The first kappa shape index (κ1) is 15.8. The Morgan fingerprint density at radius 2 is 1.81 bits per heavy atom. The number of methoxy groups -OCH3 is 1. The first-order valence-electron chi connectivity index (χ1n) is 6.76. The van der Waals surface area contributed by atoms with E-state index in [1.54, 1.807) is 13.2 Å². The van der Waals surface area contributed by atoms with Crippen LogP contribution in [0.25, 0.3) is 0 Å². The number of benzene rings is 2. The SMILES string of the molecule is CNC(c1ccc(F)cc1Cl)c1ccc(C)c(C)c1OC. The summed E-state index contributed by atoms with van der Waals surface area (Å²) in [4.78, 5) is 0. The first-order valence-corrected chi connectivity index (χ1v) is 7.13. The molecular formula is C17H19ClFNO. The van der Waals surface area contributed by atoms with Crippen LogP contribution in [0.2, 0.25) is 5.02 Å². The van der Waals surface area contributed by atoms with Crippen LogP contribution in [0, 0.1) is 19.7 Å². The highest BCUT2D eigenvalue weighted by atomic mass is 35.5. The van der Waals surface area contributed by atoms with Crippen LogP contribution in [0.5, 0.6) is 5.75 Å². The minimum atomic E-state index is -0.342. The van der Waals surface area contributed by atoms with Gasteiger partial charge < -0.3 is 10.1 Å². The molecule has 0 aliphatic heterocycles. The summed E-state index contributed by atoms with van der Waals surface area (Å²) in [6, 6.07) is 8.35. The molecule has 0 aliphatic rings. The van der Waals surface area contributed by atoms with Crippen LogP contribution >= 0.6 is 11.6 Å². The summed E-state index contributed by atoms with van der Waals surface area (Å²) in [6.07, 6.45) is 0. The second-order valence-electron chi connectivity index (χ2n) is 5.02. The number of nitrogens with one attached hydrogen (secondary N) is 1. The molecule has 2 aromatic rings. The number of rotatable bonds is 4. The summed E-state index contributed by atoms with van der Waals surface area (Å²) in [5.41, 5.74) is 4.06. The van der Waals surface area contributed by atoms with Crippen molar-refractivity contribution in [3.05, 3.63) is 63.4 Å². The van der Waals surface area contributed by atoms with E-state index in [1.165, 1.54) is 12.1 Å². The summed E-state index contributed by atoms with van der Waals surface area (Å²) in [6.45, 7) is 4.07. The molecule has 0 fully saturated rings. The van der Waals surface area contributed by atoms with Crippen LogP contribution in [0.4, 0.5) is 4.39 Å². The monoisotopic (exact) mass is 307 g/mol. The summed E-state index contributed by atoms with van der Waals surface area (Å²) in [5.74, 6) is 0.486. The molecule has 0 aromatic heterocycles. The summed E-state index contributed by atoms with van der Waals surface area (Å²) in [5, 5.41) is 3.63. The van der Waals surface area contributed by atoms with Gasteiger partial charge in [0.05, 0.1) is 13.2 Å². The molecule has 0 heterocycles. The predicted molar refractivity (Wildman–Crippen MR) is 84.8 cm³/mol. The van der Waals surface area contributed by atoms with E-state index in [9.17, 15) is 4.39 Å². The van der Waals surface area contributed by atoms with Gasteiger partial charge in [0.1, 0.15) is 11.6 Å². The van der Waals surface area contributed by atoms with Gasteiger partial charge in [-0.1, -0.05) is 29.8 Å². The lowest BCUT2D eigenvalue weighted by molar-refractivity contribution is 0.402. The lowest BCUT2D eigenvalue weighted by atomic mass is 9.94. The van der Waals surface area contributed by atoms with Crippen LogP contribution in [0.1, 0.15) is 28.3 Å². The molecule has 4 heteroatoms. The first-order chi connectivity index (χ1) is 9.99. The van der Waals surface area contributed by atoms with Crippen molar-refractivity contribution in [2.24, 2.45) is 0 Å². The van der Waals surface area contributed by atoms with E-state index in [2.05, 4.69) is 11.4 Å². The molecule has 0 saturated heterocycles. The van der Waals surface area contributed by atoms with E-state index < -0.39 is 0 Å². The van der Waals surface area contributed by atoms with Crippen molar-refractivity contribution in [2.75, 3.05) is 14.2 Å². The third kappa shape index (κ3) is 3.04. The standard InChI is InChI=1S/C17H19ClFNO/c1-10-5-7-14(17(21-4)11(10)2)16(20-3)13-8-6-12(19)9-15(13)18/h5-9,16,20H,1-4H3. The zero-order valence-electron chi connectivity index (χ0n) is 12.6. The Balaban J connectivity index is 2.59. The summed E-state index contributed by atoms with van der Waals surface area (Å²) >= 11 is 6.20. The Morgan fingerprint density at radius 1 is 1.14 bits per heavy atom. The van der Waals surface area contributed by atoms with Crippen molar-refractivity contribution in [2.45, 2.75) is 19.9 Å². The van der Waals surface area contributed by atoms with Gasteiger partial charge >= 0.3 is 0 Å². The molecule has 1 unspecified atom stereocenters. The van der Waals surface area contributed by atoms with Crippen molar-refractivity contribution >= 4 is 11.6 Å². The lowest BCUT2D eigenvalue weighted by Crippen LogP contribution is -2.19. The average molecular weight is 308 g/mol. The Kier molecular flexibility index (Phi) is 4.86. The van der Waals surface area contributed by atoms with E-state index in [0.717, 1.165) is 28.0 Å². The van der Waals surface area contributed by atoms with E-state index in [0.29, 0.717) is 5.02 Å². The van der Waals surface area contributed by atoms with Gasteiger partial charge in [-0.2, -0.15) is 0 Å². The maximum Gasteiger partial charge on any atom is 0.127 e. The fourth-order valence-electron chi connectivity index (χ4n) is 2.52. The Bertz CT molecular complexity index is 657. The molecule has 21 heavy (non-hydrogen) atoms. The molecule has 0 saturated carbocycles. The fraction of sp³-hybridized carbons (Fsp3) is 0.294. The third-order valence-corrected chi connectivity index (χ3v) is 4.11. The van der Waals surface area contributed by atoms with Crippen molar-refractivity contribution < 1.29 is 9.13 Å². The summed E-state index contributed by atoms with van der Waals surface area (Å²) in [7, 11) is 3.50. The number of hydrogen-bond donors (Lipinski definition) is 1. The van der Waals surface area contributed by atoms with Crippen molar-refractivity contribution in [3.63, 3.8) is 0 Å². The highest BCUT2D eigenvalue weighted by Gasteiger charge is 2.21. The normalized spacial score (nSPS) is 12.3. The maximum absolute atomic E-state index is 13.3. The molecule has 2 aromatic carbocycles. The number of hydrogen-bond acceptors (Lipinski definition) is 2. The third-order valence-electron chi connectivity index (χ3n) is 3.78. The van der Waals surface area contributed by atoms with Gasteiger partial charge in [-0.25, -0.2) is 4.39 Å². The molecule has 0 amide bonds. The van der Waals surface area contributed by atoms with Gasteiger partial charge in [0.2, 0.25) is 0 Å². The zero-order valence-corrected chi connectivity index (χ0v) is 13.4. The second kappa shape index (κ2) is 6.46.